The van der Waals surface area contributed by atoms with Crippen molar-refractivity contribution in [3.05, 3.63) is 364 Å². The van der Waals surface area contributed by atoms with E-state index >= 15 is 0 Å². The van der Waals surface area contributed by atoms with E-state index in [9.17, 15) is 0 Å². The maximum absolute atomic E-state index is 6.65. The Hall–Kier alpha value is -12.9. The van der Waals surface area contributed by atoms with Crippen molar-refractivity contribution in [1.29, 1.82) is 0 Å². The van der Waals surface area contributed by atoms with Crippen LogP contribution in [0.15, 0.2) is 368 Å². The van der Waals surface area contributed by atoms with Crippen molar-refractivity contribution in [2.45, 2.75) is 0 Å². The zero-order valence-corrected chi connectivity index (χ0v) is 59.6. The second kappa shape index (κ2) is 24.3. The number of benzene rings is 18. The van der Waals surface area contributed by atoms with E-state index < -0.39 is 0 Å². The van der Waals surface area contributed by atoms with E-state index in [2.05, 4.69) is 374 Å². The molecule has 106 heavy (non-hydrogen) atoms. The van der Waals surface area contributed by atoms with Gasteiger partial charge in [0.15, 0.2) is 0 Å². The SMILES string of the molecule is c1ccc(-c2c(N(c3ccc(-c4cccc5c4sc4ccccc45)cc3)c3ccc4c(c3)sc3ccccc34)c3ccccc3c3ccc(-c4ccc5sc6c(N(c7ccccc7-c7cccc8oc9ccccc9c78)c7c(-c8ccccc8)c8ccccc8c8ccccc78)cccc6c5c4)cc23)cc1. The molecule has 18 aromatic carbocycles. The third-order valence-electron chi connectivity index (χ3n) is 21.8. The van der Waals surface area contributed by atoms with Crippen LogP contribution in [-0.2, 0) is 0 Å². The summed E-state index contributed by atoms with van der Waals surface area (Å²) >= 11 is 5.62. The van der Waals surface area contributed by atoms with Gasteiger partial charge in [-0.3, -0.25) is 0 Å². The van der Waals surface area contributed by atoms with Crippen LogP contribution in [0.1, 0.15) is 0 Å². The van der Waals surface area contributed by atoms with Gasteiger partial charge in [0.05, 0.1) is 27.4 Å². The lowest BCUT2D eigenvalue weighted by atomic mass is 9.88. The fourth-order valence-electron chi connectivity index (χ4n) is 17.2. The first-order valence-corrected chi connectivity index (χ1v) is 38.6. The predicted octanol–water partition coefficient (Wildman–Crippen LogP) is 30.6. The first kappa shape index (κ1) is 60.6. The molecule has 22 aromatic rings. The van der Waals surface area contributed by atoms with Gasteiger partial charge in [0.25, 0.3) is 0 Å². The zero-order valence-electron chi connectivity index (χ0n) is 57.2. The van der Waals surface area contributed by atoms with Crippen molar-refractivity contribution in [3.63, 3.8) is 0 Å². The van der Waals surface area contributed by atoms with Gasteiger partial charge >= 0.3 is 0 Å². The summed E-state index contributed by atoms with van der Waals surface area (Å²) in [5.74, 6) is 0. The summed E-state index contributed by atoms with van der Waals surface area (Å²) in [4.78, 5) is 5.16. The van der Waals surface area contributed by atoms with Crippen molar-refractivity contribution in [2.24, 2.45) is 0 Å². The smallest absolute Gasteiger partial charge is 0.136 e. The van der Waals surface area contributed by atoms with Gasteiger partial charge in [0.1, 0.15) is 11.2 Å². The van der Waals surface area contributed by atoms with Gasteiger partial charge in [-0.15, -0.1) is 34.0 Å². The Morgan fingerprint density at radius 2 is 0.651 bits per heavy atom. The monoisotopic (exact) mass is 1400 g/mol. The lowest BCUT2D eigenvalue weighted by Gasteiger charge is -2.32. The van der Waals surface area contributed by atoms with Gasteiger partial charge < -0.3 is 14.2 Å². The minimum absolute atomic E-state index is 0.863. The summed E-state index contributed by atoms with van der Waals surface area (Å²) in [6, 6.07) is 135. The van der Waals surface area contributed by atoms with Gasteiger partial charge in [-0.1, -0.05) is 285 Å². The Kier molecular flexibility index (Phi) is 13.9. The number of rotatable bonds is 11. The molecule has 4 aromatic heterocycles. The summed E-state index contributed by atoms with van der Waals surface area (Å²) in [6.07, 6.45) is 0. The second-order valence-corrected chi connectivity index (χ2v) is 30.8. The molecule has 0 amide bonds. The number of para-hydroxylation sites is 2. The minimum Gasteiger partial charge on any atom is -0.456 e. The standard InChI is InChI=1S/C100H60N2OS3/c1-3-24-62(25-4-1)94-77-34-10-7-28-69(77)70-29-8-12-36-80(70)98(94)102(86-42-17-13-31-73(86)78-39-23-45-89-96(78)83-37-14-18-44-88(83)103-89)87-43-22-41-82-84-58-65(51-57-92(84)106-100(82)87)64-50-55-72-71-30-9-11-35-79(71)97(95(85(72)59-64)63-26-5-2-6-27-63)101(67-54-56-76-74-32-15-19-46-90(74)104-93(76)60-67)66-52-48-61(49-53-66)68-38-21-40-81-75-33-16-20-47-91(75)105-99(68)81/h1-60H. The molecule has 0 aliphatic heterocycles. The molecule has 0 bridgehead atoms. The molecule has 6 heteroatoms. The lowest BCUT2D eigenvalue weighted by Crippen LogP contribution is -2.13. The quantitative estimate of drug-likeness (QED) is 0.120. The minimum atomic E-state index is 0.863. The van der Waals surface area contributed by atoms with Crippen molar-refractivity contribution >= 4 is 194 Å². The molecular weight excluding hydrogens is 1340 g/mol. The van der Waals surface area contributed by atoms with Crippen molar-refractivity contribution in [1.82, 2.24) is 0 Å². The first-order valence-electron chi connectivity index (χ1n) is 36.1. The van der Waals surface area contributed by atoms with E-state index in [1.54, 1.807) is 0 Å². The molecule has 0 saturated heterocycles. The number of fused-ring (bicyclic) bond motifs is 18. The van der Waals surface area contributed by atoms with Crippen LogP contribution >= 0.6 is 34.0 Å². The normalized spacial score (nSPS) is 12.0. The summed E-state index contributed by atoms with van der Waals surface area (Å²) < 4.78 is 14.2. The van der Waals surface area contributed by atoms with E-state index in [0.717, 1.165) is 89.4 Å². The number of thiophene rings is 3. The molecule has 4 heterocycles. The highest BCUT2D eigenvalue weighted by molar-refractivity contribution is 7.27. The predicted molar refractivity (Wildman–Crippen MR) is 459 cm³/mol. The number of furan rings is 1. The van der Waals surface area contributed by atoms with Crippen LogP contribution in [0.5, 0.6) is 0 Å². The Morgan fingerprint density at radius 1 is 0.208 bits per heavy atom. The number of nitrogens with zero attached hydrogens (tertiary/aromatic N) is 2. The Morgan fingerprint density at radius 3 is 1.39 bits per heavy atom. The van der Waals surface area contributed by atoms with Crippen molar-refractivity contribution in [2.75, 3.05) is 9.80 Å². The van der Waals surface area contributed by atoms with Crippen LogP contribution in [0.3, 0.4) is 0 Å². The first-order chi connectivity index (χ1) is 52.6. The lowest BCUT2D eigenvalue weighted by molar-refractivity contribution is 0.669. The molecule has 494 valence electrons. The largest absolute Gasteiger partial charge is 0.456 e. The van der Waals surface area contributed by atoms with Gasteiger partial charge in [-0.25, -0.2) is 0 Å². The van der Waals surface area contributed by atoms with Gasteiger partial charge in [-0.2, -0.15) is 0 Å². The van der Waals surface area contributed by atoms with Crippen molar-refractivity contribution < 1.29 is 4.42 Å². The average Bonchev–Trinajstić information content (AvgIpc) is 0.786. The average molecular weight is 1400 g/mol. The highest BCUT2D eigenvalue weighted by atomic mass is 32.1. The Labute approximate surface area is 622 Å². The van der Waals surface area contributed by atoms with Crippen LogP contribution < -0.4 is 9.80 Å². The van der Waals surface area contributed by atoms with Crippen LogP contribution in [0.4, 0.5) is 34.1 Å². The molecule has 3 nitrogen and oxygen atoms in total. The van der Waals surface area contributed by atoms with Crippen LogP contribution in [0.2, 0.25) is 0 Å². The third kappa shape index (κ3) is 9.48. The highest BCUT2D eigenvalue weighted by Crippen LogP contribution is 2.57. The van der Waals surface area contributed by atoms with E-state index in [0.29, 0.717) is 0 Å². The molecule has 0 N–H and O–H groups in total. The van der Waals surface area contributed by atoms with Gasteiger partial charge in [0.2, 0.25) is 0 Å². The molecule has 0 spiro atoms. The molecule has 0 aliphatic rings. The summed E-state index contributed by atoms with van der Waals surface area (Å²) in [5.41, 5.74) is 19.9. The second-order valence-electron chi connectivity index (χ2n) is 27.6. The molecule has 0 atom stereocenters. The molecule has 0 saturated carbocycles. The number of anilines is 6. The molecular formula is C100H60N2OS3. The van der Waals surface area contributed by atoms with Gasteiger partial charge in [0, 0.05) is 105 Å². The topological polar surface area (TPSA) is 19.6 Å². The van der Waals surface area contributed by atoms with E-state index in [1.165, 1.54) is 126 Å². The third-order valence-corrected chi connectivity index (χ3v) is 25.4. The fraction of sp³-hybridized carbons (Fsp3) is 0. The Balaban J connectivity index is 0.761. The molecule has 0 radical (unpaired) electrons. The maximum atomic E-state index is 6.65. The molecule has 0 aliphatic carbocycles. The zero-order chi connectivity index (χ0) is 69.5. The molecule has 0 fully saturated rings. The van der Waals surface area contributed by atoms with Gasteiger partial charge in [-0.05, 0) is 150 Å². The summed E-state index contributed by atoms with van der Waals surface area (Å²) in [6.45, 7) is 0. The van der Waals surface area contributed by atoms with Crippen LogP contribution in [-0.4, -0.2) is 0 Å². The Bertz CT molecular complexity index is 7350. The molecule has 0 unspecified atom stereocenters. The molecule has 22 rings (SSSR count). The van der Waals surface area contributed by atoms with Crippen LogP contribution in [0.25, 0.3) is 181 Å². The van der Waals surface area contributed by atoms with E-state index in [-0.39, 0.29) is 0 Å². The highest BCUT2D eigenvalue weighted by Gasteiger charge is 2.30. The maximum Gasteiger partial charge on any atom is 0.136 e. The summed E-state index contributed by atoms with van der Waals surface area (Å²) in [7, 11) is 0. The van der Waals surface area contributed by atoms with Crippen LogP contribution in [0, 0.1) is 0 Å². The van der Waals surface area contributed by atoms with E-state index in [4.69, 9.17) is 4.42 Å². The number of hydrogen-bond acceptors (Lipinski definition) is 6. The van der Waals surface area contributed by atoms with Crippen molar-refractivity contribution in [3.8, 4) is 55.6 Å². The fourth-order valence-corrected chi connectivity index (χ4v) is 20.7. The summed E-state index contributed by atoms with van der Waals surface area (Å²) in [5, 5.41) is 19.3. The number of hydrogen-bond donors (Lipinski definition) is 0. The van der Waals surface area contributed by atoms with E-state index in [1.807, 2.05) is 34.0 Å².